The van der Waals surface area contributed by atoms with Gasteiger partial charge in [0.05, 0.1) is 7.11 Å². The quantitative estimate of drug-likeness (QED) is 0.0536. The van der Waals surface area contributed by atoms with Gasteiger partial charge in [-0.2, -0.15) is 8.42 Å². The zero-order valence-corrected chi connectivity index (χ0v) is 31.3. The van der Waals surface area contributed by atoms with Gasteiger partial charge in [-0.1, -0.05) is 213 Å². The molecule has 2 atom stereocenters. The maximum Gasteiger partial charge on any atom is 0.397 e. The number of rotatable bonds is 34. The second kappa shape index (κ2) is 37.3. The van der Waals surface area contributed by atoms with E-state index in [2.05, 4.69) is 25.0 Å². The van der Waals surface area contributed by atoms with Crippen molar-refractivity contribution in [3.8, 4) is 0 Å². The van der Waals surface area contributed by atoms with Crippen LogP contribution >= 0.6 is 0 Å². The summed E-state index contributed by atoms with van der Waals surface area (Å²) in [5, 5.41) is 0. The molecule has 0 spiro atoms. The van der Waals surface area contributed by atoms with E-state index in [9.17, 15) is 8.42 Å². The van der Waals surface area contributed by atoms with Crippen LogP contribution in [-0.2, 0) is 14.6 Å². The van der Waals surface area contributed by atoms with Crippen molar-refractivity contribution >= 4 is 10.4 Å². The van der Waals surface area contributed by atoms with Gasteiger partial charge in [-0.05, 0) is 19.3 Å². The van der Waals surface area contributed by atoms with E-state index < -0.39 is 10.4 Å². The van der Waals surface area contributed by atoms with E-state index in [0.717, 1.165) is 13.0 Å². The molecule has 0 bridgehead atoms. The molecule has 0 aromatic heterocycles. The highest BCUT2D eigenvalue weighted by Gasteiger charge is 2.11. The van der Waals surface area contributed by atoms with Crippen molar-refractivity contribution in [2.75, 3.05) is 7.11 Å². The zero-order valence-electron chi connectivity index (χ0n) is 30.4. The summed E-state index contributed by atoms with van der Waals surface area (Å²) in [6.07, 6.45) is 46.4. The van der Waals surface area contributed by atoms with Crippen LogP contribution in [0.1, 0.15) is 226 Å². The fourth-order valence-electron chi connectivity index (χ4n) is 6.34. The lowest BCUT2D eigenvalue weighted by Crippen LogP contribution is -2.19. The molecule has 2 unspecified atom stereocenters. The maximum absolute atomic E-state index is 9.33. The van der Waals surface area contributed by atoms with E-state index in [1.807, 2.05) is 0 Å². The molecule has 0 radical (unpaired) electrons. The zero-order chi connectivity index (χ0) is 33.0. The average Bonchev–Trinajstić information content (AvgIpc) is 2.98. The summed E-state index contributed by atoms with van der Waals surface area (Å²) in [5.41, 5.74) is 6.20. The summed E-state index contributed by atoms with van der Waals surface area (Å²) in [6.45, 7) is 6.83. The van der Waals surface area contributed by atoms with Crippen molar-refractivity contribution in [1.82, 2.24) is 0 Å². The molecule has 268 valence electrons. The Morgan fingerprint density at radius 1 is 0.500 bits per heavy atom. The third-order valence-corrected chi connectivity index (χ3v) is 9.52. The number of hydrogen-bond acceptors (Lipinski definition) is 4. The minimum atomic E-state index is -4.16. The van der Waals surface area contributed by atoms with E-state index in [1.54, 1.807) is 0 Å². The van der Waals surface area contributed by atoms with Gasteiger partial charge < -0.3 is 5.73 Å². The monoisotopic (exact) mass is 648 g/mol. The highest BCUT2D eigenvalue weighted by molar-refractivity contribution is 7.80. The van der Waals surface area contributed by atoms with E-state index >= 15 is 0 Å². The van der Waals surface area contributed by atoms with E-state index in [0.29, 0.717) is 6.04 Å². The van der Waals surface area contributed by atoms with Gasteiger partial charge in [0.1, 0.15) is 0 Å². The molecule has 0 rings (SSSR count). The van der Waals surface area contributed by atoms with Gasteiger partial charge in [-0.15, -0.1) is 0 Å². The molecule has 0 saturated carbocycles. The first-order valence-corrected chi connectivity index (χ1v) is 20.9. The van der Waals surface area contributed by atoms with Crippen molar-refractivity contribution in [3.05, 3.63) is 0 Å². The van der Waals surface area contributed by atoms with Crippen molar-refractivity contribution in [1.29, 1.82) is 0 Å². The van der Waals surface area contributed by atoms with Crippen molar-refractivity contribution in [3.63, 3.8) is 0 Å². The molecule has 5 nitrogen and oxygen atoms in total. The van der Waals surface area contributed by atoms with Crippen LogP contribution in [0.25, 0.3) is 0 Å². The van der Waals surface area contributed by atoms with Gasteiger partial charge in [0.25, 0.3) is 0 Å². The Balaban J connectivity index is 0. The van der Waals surface area contributed by atoms with Crippen LogP contribution in [0.4, 0.5) is 0 Å². The lowest BCUT2D eigenvalue weighted by Gasteiger charge is -2.19. The third kappa shape index (κ3) is 44.0. The smallest absolute Gasteiger partial charge is 0.328 e. The normalized spacial score (nSPS) is 13.0. The van der Waals surface area contributed by atoms with Gasteiger partial charge in [0, 0.05) is 6.04 Å². The molecule has 0 heterocycles. The summed E-state index contributed by atoms with van der Waals surface area (Å²) >= 11 is 0. The Morgan fingerprint density at radius 3 is 0.886 bits per heavy atom. The maximum atomic E-state index is 9.33. The lowest BCUT2D eigenvalue weighted by atomic mass is 9.89. The molecular formula is C38H81NO4S. The van der Waals surface area contributed by atoms with Crippen LogP contribution in [0.2, 0.25) is 0 Å². The third-order valence-electron chi connectivity index (χ3n) is 9.10. The fourth-order valence-corrected chi connectivity index (χ4v) is 6.34. The van der Waals surface area contributed by atoms with Gasteiger partial charge in [-0.3, -0.25) is 8.74 Å². The SMILES string of the molecule is CCCCCCCCCCCCCCCCCC(CCCCCCCCCCCCCCCC)CC(C)N.COS(=O)(=O)O. The van der Waals surface area contributed by atoms with Crippen LogP contribution < -0.4 is 5.73 Å². The predicted molar refractivity (Wildman–Crippen MR) is 195 cm³/mol. The first-order chi connectivity index (χ1) is 21.3. The van der Waals surface area contributed by atoms with Gasteiger partial charge in [0.15, 0.2) is 0 Å². The molecule has 0 aromatic rings. The van der Waals surface area contributed by atoms with Crippen molar-refractivity contribution in [2.45, 2.75) is 232 Å². The van der Waals surface area contributed by atoms with Crippen molar-refractivity contribution < 1.29 is 17.2 Å². The Hall–Kier alpha value is -0.170. The van der Waals surface area contributed by atoms with E-state index in [4.69, 9.17) is 10.3 Å². The predicted octanol–water partition coefficient (Wildman–Crippen LogP) is 12.9. The summed E-state index contributed by atoms with van der Waals surface area (Å²) < 4.78 is 29.7. The Bertz CT molecular complexity index is 626. The fraction of sp³-hybridized carbons (Fsp3) is 1.00. The summed E-state index contributed by atoms with van der Waals surface area (Å²) in [6, 6.07) is 0.378. The van der Waals surface area contributed by atoms with Crippen LogP contribution in [-0.4, -0.2) is 26.1 Å². The molecule has 0 aliphatic rings. The number of hydrogen-bond donors (Lipinski definition) is 2. The van der Waals surface area contributed by atoms with Gasteiger partial charge in [0.2, 0.25) is 0 Å². The lowest BCUT2D eigenvalue weighted by molar-refractivity contribution is 0.324. The number of unbranched alkanes of at least 4 members (excludes halogenated alkanes) is 27. The standard InChI is InChI=1S/C37H77N.CH4O4S/c1-4-6-8-10-12-14-16-18-20-22-24-26-28-30-32-34-37(35-36(3)38)33-31-29-27-25-23-21-19-17-15-13-11-9-7-5-2;1-5-6(2,3)4/h36-37H,4-35,38H2,1-3H3;1H3,(H,2,3,4). The molecule has 0 saturated heterocycles. The summed E-state index contributed by atoms with van der Waals surface area (Å²) in [4.78, 5) is 0. The van der Waals surface area contributed by atoms with E-state index in [-0.39, 0.29) is 0 Å². The largest absolute Gasteiger partial charge is 0.397 e. The molecular weight excluding hydrogens is 566 g/mol. The van der Waals surface area contributed by atoms with Crippen LogP contribution in [0.5, 0.6) is 0 Å². The first-order valence-electron chi connectivity index (χ1n) is 19.5. The second-order valence-electron chi connectivity index (χ2n) is 13.8. The molecule has 0 amide bonds. The highest BCUT2D eigenvalue weighted by Crippen LogP contribution is 2.23. The molecule has 3 N–H and O–H groups in total. The van der Waals surface area contributed by atoms with Crippen LogP contribution in [0.3, 0.4) is 0 Å². The summed E-state index contributed by atoms with van der Waals surface area (Å²) in [7, 11) is -3.29. The molecule has 6 heteroatoms. The average molecular weight is 648 g/mol. The molecule has 0 aliphatic heterocycles. The van der Waals surface area contributed by atoms with Crippen molar-refractivity contribution in [2.24, 2.45) is 11.7 Å². The van der Waals surface area contributed by atoms with Crippen LogP contribution in [0.15, 0.2) is 0 Å². The Kier molecular flexibility index (Phi) is 38.9. The Morgan fingerprint density at radius 2 is 0.705 bits per heavy atom. The van der Waals surface area contributed by atoms with Gasteiger partial charge >= 0.3 is 10.4 Å². The number of nitrogens with two attached hydrogens (primary N) is 1. The molecule has 0 aliphatic carbocycles. The van der Waals surface area contributed by atoms with Gasteiger partial charge in [-0.25, -0.2) is 0 Å². The first kappa shape index (κ1) is 46.0. The minimum absolute atomic E-state index is 0.378. The summed E-state index contributed by atoms with van der Waals surface area (Å²) in [5.74, 6) is 0.884. The second-order valence-corrected chi connectivity index (χ2v) is 15.0. The topological polar surface area (TPSA) is 89.6 Å². The van der Waals surface area contributed by atoms with Crippen LogP contribution in [0, 0.1) is 5.92 Å². The molecule has 44 heavy (non-hydrogen) atoms. The minimum Gasteiger partial charge on any atom is -0.328 e. The Labute approximate surface area is 278 Å². The highest BCUT2D eigenvalue weighted by atomic mass is 32.3. The molecule has 0 fully saturated rings. The molecule has 0 aromatic carbocycles. The van der Waals surface area contributed by atoms with E-state index in [1.165, 1.54) is 205 Å².